The fourth-order valence-corrected chi connectivity index (χ4v) is 3.79. The van der Waals surface area contributed by atoms with Gasteiger partial charge in [-0.05, 0) is 49.1 Å². The molecule has 1 aromatic carbocycles. The van der Waals surface area contributed by atoms with E-state index in [2.05, 4.69) is 30.4 Å². The fourth-order valence-electron chi connectivity index (χ4n) is 1.93. The molecular weight excluding hydrogens is 284 g/mol. The Hall–Kier alpha value is -1.18. The van der Waals surface area contributed by atoms with Crippen molar-refractivity contribution in [2.24, 2.45) is 0 Å². The van der Waals surface area contributed by atoms with E-state index in [0.29, 0.717) is 17.7 Å². The predicted octanol–water partition coefficient (Wildman–Crippen LogP) is 4.36. The van der Waals surface area contributed by atoms with Crippen molar-refractivity contribution in [1.29, 1.82) is 0 Å². The molecule has 0 saturated carbocycles. The lowest BCUT2D eigenvalue weighted by molar-refractivity contribution is 0.0619. The molecule has 1 aliphatic rings. The van der Waals surface area contributed by atoms with E-state index in [4.69, 9.17) is 4.74 Å². The number of thioether (sulfide) groups is 1. The Labute approximate surface area is 126 Å². The molecule has 0 atom stereocenters. The number of ketones is 1. The van der Waals surface area contributed by atoms with Gasteiger partial charge in [-0.25, -0.2) is 0 Å². The first-order chi connectivity index (χ1) is 9.16. The van der Waals surface area contributed by atoms with Crippen LogP contribution in [0.4, 0.5) is 0 Å². The third-order valence-corrected chi connectivity index (χ3v) is 4.57. The van der Waals surface area contributed by atoms with Crippen LogP contribution in [0.5, 0.6) is 5.75 Å². The molecule has 1 aliphatic heterocycles. The van der Waals surface area contributed by atoms with Gasteiger partial charge >= 0.3 is 0 Å². The largest absolute Gasteiger partial charge is 0.487 e. The minimum atomic E-state index is -1.35. The van der Waals surface area contributed by atoms with Gasteiger partial charge in [0, 0.05) is 4.90 Å². The quantitative estimate of drug-likeness (QED) is 0.438. The molecule has 0 radical (unpaired) electrons. The van der Waals surface area contributed by atoms with E-state index in [-0.39, 0.29) is 5.78 Å². The normalized spacial score (nSPS) is 16.8. The number of hydrogen-bond donors (Lipinski definition) is 0. The number of ether oxygens (including phenoxy) is 1. The lowest BCUT2D eigenvalue weighted by atomic mass is 9.93. The molecule has 0 spiro atoms. The Morgan fingerprint density at radius 2 is 2.00 bits per heavy atom. The van der Waals surface area contributed by atoms with Gasteiger partial charge in [0.2, 0.25) is 0 Å². The highest BCUT2D eigenvalue weighted by Gasteiger charge is 2.32. The fraction of sp³-hybridized carbons (Fsp3) is 0.438. The van der Waals surface area contributed by atoms with Crippen LogP contribution in [0.3, 0.4) is 0 Å². The maximum absolute atomic E-state index is 12.2. The Morgan fingerprint density at radius 1 is 1.30 bits per heavy atom. The number of carbonyl (C=O) groups is 1. The molecule has 0 aliphatic carbocycles. The first-order valence-electron chi connectivity index (χ1n) is 6.72. The van der Waals surface area contributed by atoms with Crippen LogP contribution in [0.1, 0.15) is 30.6 Å². The first-order valence-corrected chi connectivity index (χ1v) is 11.0. The number of hydrogen-bond acceptors (Lipinski definition) is 3. The smallest absolute Gasteiger partial charge is 0.170 e. The molecule has 2 rings (SSSR count). The van der Waals surface area contributed by atoms with Crippen LogP contribution >= 0.6 is 11.8 Å². The van der Waals surface area contributed by atoms with Crippen LogP contribution in [0.15, 0.2) is 23.1 Å². The number of carbonyl (C=O) groups excluding carboxylic acids is 1. The molecule has 2 nitrogen and oxygen atoms in total. The zero-order chi connectivity index (χ0) is 15.0. The molecule has 1 heterocycles. The molecule has 0 amide bonds. The lowest BCUT2D eigenvalue weighted by Crippen LogP contribution is -2.35. The van der Waals surface area contributed by atoms with E-state index in [9.17, 15) is 4.79 Å². The van der Waals surface area contributed by atoms with Crippen LogP contribution in [-0.2, 0) is 0 Å². The first kappa shape index (κ1) is 15.2. The second-order valence-electron chi connectivity index (χ2n) is 6.70. The maximum Gasteiger partial charge on any atom is 0.170 e. The van der Waals surface area contributed by atoms with Crippen LogP contribution in [0.25, 0.3) is 0 Å². The van der Waals surface area contributed by atoms with Gasteiger partial charge in [-0.15, -0.1) is 5.54 Å². The number of Topliss-reactive ketones (excluding diaryl/α,β-unsaturated/α-hetero) is 1. The average molecular weight is 304 g/mol. The highest BCUT2D eigenvalue weighted by atomic mass is 32.2. The lowest BCUT2D eigenvalue weighted by Gasteiger charge is -2.31. The number of fused-ring (bicyclic) bond motifs is 1. The summed E-state index contributed by atoms with van der Waals surface area (Å²) in [6.07, 6.45) is 0.425. The van der Waals surface area contributed by atoms with Crippen molar-refractivity contribution >= 4 is 25.6 Å². The number of benzene rings is 1. The molecule has 4 heteroatoms. The van der Waals surface area contributed by atoms with E-state index in [1.807, 2.05) is 32.0 Å². The summed E-state index contributed by atoms with van der Waals surface area (Å²) in [5.41, 5.74) is 3.59. The summed E-state index contributed by atoms with van der Waals surface area (Å²) >= 11 is 1.49. The van der Waals surface area contributed by atoms with Crippen molar-refractivity contribution in [2.45, 2.75) is 50.4 Å². The van der Waals surface area contributed by atoms with Gasteiger partial charge in [0.1, 0.15) is 19.4 Å². The van der Waals surface area contributed by atoms with Crippen molar-refractivity contribution in [3.05, 3.63) is 23.8 Å². The molecule has 0 unspecified atom stereocenters. The van der Waals surface area contributed by atoms with Gasteiger partial charge in [-0.3, -0.25) is 4.79 Å². The third kappa shape index (κ3) is 3.91. The second kappa shape index (κ2) is 5.31. The molecule has 0 aromatic heterocycles. The van der Waals surface area contributed by atoms with E-state index in [1.54, 1.807) is 0 Å². The Bertz CT molecular complexity index is 603. The highest BCUT2D eigenvalue weighted by molar-refractivity contribution is 8.04. The molecule has 20 heavy (non-hydrogen) atoms. The minimum absolute atomic E-state index is 0.150. The Balaban J connectivity index is 2.22. The van der Waals surface area contributed by atoms with Crippen molar-refractivity contribution in [3.63, 3.8) is 0 Å². The SMILES string of the molecule is CC1(C)CC(=O)c2cc(SC#C[Si](C)(C)C)ccc2O1. The molecule has 1 aromatic rings. The van der Waals surface area contributed by atoms with Gasteiger partial charge in [-0.1, -0.05) is 19.6 Å². The van der Waals surface area contributed by atoms with Crippen molar-refractivity contribution in [1.82, 2.24) is 0 Å². The van der Waals surface area contributed by atoms with Crippen molar-refractivity contribution < 1.29 is 9.53 Å². The molecule has 106 valence electrons. The highest BCUT2D eigenvalue weighted by Crippen LogP contribution is 2.35. The summed E-state index contributed by atoms with van der Waals surface area (Å²) in [6, 6.07) is 5.75. The van der Waals surface area contributed by atoms with Gasteiger partial charge in [0.05, 0.1) is 12.0 Å². The minimum Gasteiger partial charge on any atom is -0.487 e. The topological polar surface area (TPSA) is 26.3 Å². The van der Waals surface area contributed by atoms with Crippen LogP contribution < -0.4 is 4.74 Å². The van der Waals surface area contributed by atoms with E-state index in [1.165, 1.54) is 11.8 Å². The van der Waals surface area contributed by atoms with E-state index >= 15 is 0 Å². The van der Waals surface area contributed by atoms with Gasteiger partial charge < -0.3 is 4.74 Å². The standard InChI is InChI=1S/C16H20O2SSi/c1-16(2)11-14(17)13-10-12(6-7-15(13)18-16)19-8-9-20(3,4)5/h6-7,10H,11H2,1-5H3. The van der Waals surface area contributed by atoms with E-state index < -0.39 is 13.7 Å². The summed E-state index contributed by atoms with van der Waals surface area (Å²) in [5.74, 6) is 0.839. The molecule has 0 N–H and O–H groups in total. The van der Waals surface area contributed by atoms with Crippen LogP contribution in [-0.4, -0.2) is 19.5 Å². The molecule has 0 saturated heterocycles. The zero-order valence-electron chi connectivity index (χ0n) is 12.7. The van der Waals surface area contributed by atoms with Gasteiger partial charge in [0.15, 0.2) is 5.78 Å². The maximum atomic E-state index is 12.2. The predicted molar refractivity (Wildman–Crippen MR) is 87.1 cm³/mol. The summed E-state index contributed by atoms with van der Waals surface area (Å²) in [7, 11) is -1.35. The zero-order valence-corrected chi connectivity index (χ0v) is 14.5. The summed E-state index contributed by atoms with van der Waals surface area (Å²) in [5, 5.41) is 3.16. The van der Waals surface area contributed by atoms with Crippen LogP contribution in [0, 0.1) is 10.8 Å². The Morgan fingerprint density at radius 3 is 2.65 bits per heavy atom. The summed E-state index contributed by atoms with van der Waals surface area (Å²) in [4.78, 5) is 13.2. The summed E-state index contributed by atoms with van der Waals surface area (Å²) < 4.78 is 5.84. The van der Waals surface area contributed by atoms with Gasteiger partial charge in [-0.2, -0.15) is 0 Å². The van der Waals surface area contributed by atoms with Crippen molar-refractivity contribution in [2.75, 3.05) is 0 Å². The second-order valence-corrected chi connectivity index (χ2v) is 12.3. The van der Waals surface area contributed by atoms with Gasteiger partial charge in [0.25, 0.3) is 0 Å². The van der Waals surface area contributed by atoms with Crippen molar-refractivity contribution in [3.8, 4) is 16.5 Å². The molecule has 0 bridgehead atoms. The molecule has 0 fully saturated rings. The Kier molecular flexibility index (Phi) is 4.04. The monoisotopic (exact) mass is 304 g/mol. The van der Waals surface area contributed by atoms with E-state index in [0.717, 1.165) is 4.90 Å². The summed E-state index contributed by atoms with van der Waals surface area (Å²) in [6.45, 7) is 10.5. The molecular formula is C16H20O2SSi. The number of rotatable bonds is 1. The third-order valence-electron chi connectivity index (χ3n) is 2.82. The van der Waals surface area contributed by atoms with Crippen LogP contribution in [0.2, 0.25) is 19.6 Å². The average Bonchev–Trinajstić information content (AvgIpc) is 2.27.